The molecule has 2 amide bonds. The number of halogens is 1. The number of rotatable bonds is 4. The van der Waals surface area contributed by atoms with E-state index in [1.807, 2.05) is 0 Å². The SMILES string of the molecule is O=C(OCc1cccc(Cl)c1)c1cccc(N2C(=O)C=CC2=O)c1. The summed E-state index contributed by atoms with van der Waals surface area (Å²) in [6.45, 7) is 0.0761. The van der Waals surface area contributed by atoms with E-state index in [1.165, 1.54) is 18.2 Å². The lowest BCUT2D eigenvalue weighted by Crippen LogP contribution is -2.29. The van der Waals surface area contributed by atoms with Gasteiger partial charge in [-0.05, 0) is 35.9 Å². The van der Waals surface area contributed by atoms with Gasteiger partial charge < -0.3 is 4.74 Å². The third-order valence-corrected chi connectivity index (χ3v) is 3.64. The summed E-state index contributed by atoms with van der Waals surface area (Å²) < 4.78 is 5.24. The topological polar surface area (TPSA) is 63.7 Å². The van der Waals surface area contributed by atoms with Gasteiger partial charge in [-0.15, -0.1) is 0 Å². The molecule has 0 N–H and O–H groups in total. The van der Waals surface area contributed by atoms with Gasteiger partial charge in [0.15, 0.2) is 0 Å². The van der Waals surface area contributed by atoms with Crippen LogP contribution in [0.25, 0.3) is 0 Å². The number of imide groups is 1. The van der Waals surface area contributed by atoms with Crippen LogP contribution in [0.15, 0.2) is 60.7 Å². The third-order valence-electron chi connectivity index (χ3n) is 3.41. The summed E-state index contributed by atoms with van der Waals surface area (Å²) in [4.78, 5) is 36.6. The molecule has 1 heterocycles. The molecule has 0 unspecified atom stereocenters. The maximum Gasteiger partial charge on any atom is 0.338 e. The Morgan fingerprint density at radius 3 is 2.42 bits per heavy atom. The molecule has 1 aliphatic heterocycles. The molecule has 0 atom stereocenters. The van der Waals surface area contributed by atoms with Crippen LogP contribution in [0.5, 0.6) is 0 Å². The van der Waals surface area contributed by atoms with Crippen molar-refractivity contribution in [3.8, 4) is 0 Å². The fourth-order valence-corrected chi connectivity index (χ4v) is 2.50. The molecule has 1 aliphatic rings. The van der Waals surface area contributed by atoms with Gasteiger partial charge in [-0.1, -0.05) is 29.8 Å². The highest BCUT2D eigenvalue weighted by molar-refractivity contribution is 6.30. The summed E-state index contributed by atoms with van der Waals surface area (Å²) in [6.07, 6.45) is 2.37. The molecule has 0 bridgehead atoms. The van der Waals surface area contributed by atoms with Crippen LogP contribution < -0.4 is 4.90 Å². The summed E-state index contributed by atoms with van der Waals surface area (Å²) in [7, 11) is 0. The van der Waals surface area contributed by atoms with E-state index in [0.29, 0.717) is 10.7 Å². The zero-order chi connectivity index (χ0) is 17.1. The molecule has 0 saturated carbocycles. The van der Waals surface area contributed by atoms with Crippen LogP contribution >= 0.6 is 11.6 Å². The largest absolute Gasteiger partial charge is 0.457 e. The Morgan fingerprint density at radius 2 is 1.71 bits per heavy atom. The maximum absolute atomic E-state index is 12.2. The Hall–Kier alpha value is -2.92. The Balaban J connectivity index is 1.73. The van der Waals surface area contributed by atoms with Gasteiger partial charge in [-0.25, -0.2) is 9.69 Å². The van der Waals surface area contributed by atoms with Gasteiger partial charge in [0.05, 0.1) is 11.3 Å². The molecule has 120 valence electrons. The molecular weight excluding hydrogens is 330 g/mol. The predicted octanol–water partition coefficient (Wildman–Crippen LogP) is 3.13. The van der Waals surface area contributed by atoms with E-state index in [4.69, 9.17) is 16.3 Å². The fourth-order valence-electron chi connectivity index (χ4n) is 2.29. The van der Waals surface area contributed by atoms with Crippen molar-refractivity contribution in [2.45, 2.75) is 6.61 Å². The number of benzene rings is 2. The monoisotopic (exact) mass is 341 g/mol. The first-order valence-corrected chi connectivity index (χ1v) is 7.50. The number of hydrogen-bond acceptors (Lipinski definition) is 4. The molecule has 6 heteroatoms. The number of carbonyl (C=O) groups excluding carboxylic acids is 3. The molecule has 24 heavy (non-hydrogen) atoms. The van der Waals surface area contributed by atoms with E-state index in [1.54, 1.807) is 42.5 Å². The van der Waals surface area contributed by atoms with Gasteiger partial charge in [0.2, 0.25) is 0 Å². The molecule has 0 aliphatic carbocycles. The minimum Gasteiger partial charge on any atom is -0.457 e. The number of amides is 2. The van der Waals surface area contributed by atoms with E-state index in [0.717, 1.165) is 10.5 Å². The van der Waals surface area contributed by atoms with Crippen LogP contribution in [-0.4, -0.2) is 17.8 Å². The number of carbonyl (C=O) groups is 3. The second kappa shape index (κ2) is 6.68. The van der Waals surface area contributed by atoms with Crippen molar-refractivity contribution in [1.82, 2.24) is 0 Å². The standard InChI is InChI=1S/C18H12ClNO4/c19-14-5-1-3-12(9-14)11-24-18(23)13-4-2-6-15(10-13)20-16(21)7-8-17(20)22/h1-10H,11H2. The van der Waals surface area contributed by atoms with Crippen LogP contribution in [0.1, 0.15) is 15.9 Å². The number of ether oxygens (including phenoxy) is 1. The van der Waals surface area contributed by atoms with Crippen LogP contribution in [-0.2, 0) is 20.9 Å². The number of nitrogens with zero attached hydrogens (tertiary/aromatic N) is 1. The first-order valence-electron chi connectivity index (χ1n) is 7.12. The van der Waals surface area contributed by atoms with Crippen molar-refractivity contribution in [1.29, 1.82) is 0 Å². The fraction of sp³-hybridized carbons (Fsp3) is 0.0556. The number of esters is 1. The Bertz CT molecular complexity index is 842. The van der Waals surface area contributed by atoms with Crippen LogP contribution in [0.2, 0.25) is 5.02 Å². The van der Waals surface area contributed by atoms with E-state index in [9.17, 15) is 14.4 Å². The van der Waals surface area contributed by atoms with Gasteiger partial charge in [-0.2, -0.15) is 0 Å². The Labute approximate surface area is 143 Å². The van der Waals surface area contributed by atoms with Crippen molar-refractivity contribution in [2.24, 2.45) is 0 Å². The highest BCUT2D eigenvalue weighted by atomic mass is 35.5. The van der Waals surface area contributed by atoms with Crippen molar-refractivity contribution in [3.05, 3.63) is 76.8 Å². The van der Waals surface area contributed by atoms with E-state index < -0.39 is 17.8 Å². The van der Waals surface area contributed by atoms with Crippen LogP contribution in [0.4, 0.5) is 5.69 Å². The quantitative estimate of drug-likeness (QED) is 0.633. The Morgan fingerprint density at radius 1 is 1.00 bits per heavy atom. The van der Waals surface area contributed by atoms with Gasteiger partial charge in [-0.3, -0.25) is 9.59 Å². The van der Waals surface area contributed by atoms with Crippen LogP contribution in [0, 0.1) is 0 Å². The normalized spacial score (nSPS) is 13.5. The van der Waals surface area contributed by atoms with Crippen molar-refractivity contribution >= 4 is 35.1 Å². The molecular formula is C18H12ClNO4. The lowest BCUT2D eigenvalue weighted by molar-refractivity contribution is -0.119. The molecule has 2 aromatic carbocycles. The average molecular weight is 342 g/mol. The molecule has 0 aromatic heterocycles. The number of hydrogen-bond donors (Lipinski definition) is 0. The molecule has 5 nitrogen and oxygen atoms in total. The van der Waals surface area contributed by atoms with E-state index >= 15 is 0 Å². The number of anilines is 1. The summed E-state index contributed by atoms with van der Waals surface area (Å²) in [5, 5.41) is 0.559. The molecule has 3 rings (SSSR count). The van der Waals surface area contributed by atoms with Crippen molar-refractivity contribution < 1.29 is 19.1 Å². The summed E-state index contributed by atoms with van der Waals surface area (Å²) in [6, 6.07) is 13.2. The lowest BCUT2D eigenvalue weighted by Gasteiger charge is -2.14. The first-order chi connectivity index (χ1) is 11.5. The van der Waals surface area contributed by atoms with Gasteiger partial charge >= 0.3 is 5.97 Å². The highest BCUT2D eigenvalue weighted by Crippen LogP contribution is 2.21. The second-order valence-electron chi connectivity index (χ2n) is 5.10. The Kier molecular flexibility index (Phi) is 4.44. The van der Waals surface area contributed by atoms with E-state index in [-0.39, 0.29) is 12.2 Å². The summed E-state index contributed by atoms with van der Waals surface area (Å²) >= 11 is 5.88. The smallest absolute Gasteiger partial charge is 0.338 e. The summed E-state index contributed by atoms with van der Waals surface area (Å²) in [5.41, 5.74) is 1.34. The molecule has 2 aromatic rings. The zero-order valence-electron chi connectivity index (χ0n) is 12.4. The first kappa shape index (κ1) is 16.0. The van der Waals surface area contributed by atoms with Gasteiger partial charge in [0.25, 0.3) is 11.8 Å². The van der Waals surface area contributed by atoms with Gasteiger partial charge in [0, 0.05) is 17.2 Å². The molecule has 0 radical (unpaired) electrons. The molecule has 0 fully saturated rings. The highest BCUT2D eigenvalue weighted by Gasteiger charge is 2.25. The van der Waals surface area contributed by atoms with Crippen molar-refractivity contribution in [2.75, 3.05) is 4.90 Å². The lowest BCUT2D eigenvalue weighted by atomic mass is 10.2. The van der Waals surface area contributed by atoms with Gasteiger partial charge in [0.1, 0.15) is 6.61 Å². The third kappa shape index (κ3) is 3.36. The minimum atomic E-state index is -0.552. The van der Waals surface area contributed by atoms with E-state index in [2.05, 4.69) is 0 Å². The second-order valence-corrected chi connectivity index (χ2v) is 5.54. The predicted molar refractivity (Wildman–Crippen MR) is 88.6 cm³/mol. The van der Waals surface area contributed by atoms with Crippen LogP contribution in [0.3, 0.4) is 0 Å². The minimum absolute atomic E-state index is 0.0761. The maximum atomic E-state index is 12.2. The molecule has 0 saturated heterocycles. The average Bonchev–Trinajstić information content (AvgIpc) is 2.91. The zero-order valence-corrected chi connectivity index (χ0v) is 13.2. The summed E-state index contributed by atoms with van der Waals surface area (Å²) in [5.74, 6) is -1.43. The molecule has 0 spiro atoms. The van der Waals surface area contributed by atoms with Crippen molar-refractivity contribution in [3.63, 3.8) is 0 Å².